The number of aryl methyl sites for hydroxylation is 3. The molecule has 1 heterocycles. The average Bonchev–Trinajstić information content (AvgIpc) is 2.78. The van der Waals surface area contributed by atoms with Crippen LogP contribution in [0, 0.1) is 0 Å². The minimum absolute atomic E-state index is 0.202. The highest BCUT2D eigenvalue weighted by Crippen LogP contribution is 2.24. The van der Waals surface area contributed by atoms with Crippen LogP contribution in [-0.4, -0.2) is 24.7 Å². The number of nitrogens with zero attached hydrogens (tertiary/aromatic N) is 2. The molecular weight excluding hydrogens is 398 g/mol. The summed E-state index contributed by atoms with van der Waals surface area (Å²) < 4.78 is 29.3. The summed E-state index contributed by atoms with van der Waals surface area (Å²) in [6.07, 6.45) is 4.69. The number of aromatic nitrogens is 2. The van der Waals surface area contributed by atoms with Crippen LogP contribution in [0.5, 0.6) is 0 Å². The molecule has 1 aliphatic rings. The Balaban J connectivity index is 1.38. The first-order valence-electron chi connectivity index (χ1n) is 10.3. The highest BCUT2D eigenvalue weighted by atomic mass is 32.2. The number of benzene rings is 2. The molecule has 0 unspecified atom stereocenters. The Morgan fingerprint density at radius 3 is 2.50 bits per heavy atom. The van der Waals surface area contributed by atoms with Crippen LogP contribution < -0.4 is 10.3 Å². The fourth-order valence-corrected chi connectivity index (χ4v) is 4.89. The van der Waals surface area contributed by atoms with Crippen molar-refractivity contribution >= 4 is 10.0 Å². The molecule has 2 aromatic carbocycles. The van der Waals surface area contributed by atoms with E-state index in [2.05, 4.69) is 9.82 Å². The molecule has 0 saturated heterocycles. The molecule has 3 aromatic rings. The van der Waals surface area contributed by atoms with E-state index in [1.54, 1.807) is 18.2 Å². The van der Waals surface area contributed by atoms with Gasteiger partial charge in [0.25, 0.3) is 5.56 Å². The van der Waals surface area contributed by atoms with Crippen molar-refractivity contribution in [2.45, 2.75) is 43.5 Å². The molecule has 6 nitrogen and oxygen atoms in total. The molecule has 0 saturated carbocycles. The fraction of sp³-hybridized carbons (Fsp3) is 0.304. The SMILES string of the molecule is O=c1ccc(-c2ccccc2)nn1CCCNS(=O)(=O)c1ccc2c(c1)CCCC2. The summed E-state index contributed by atoms with van der Waals surface area (Å²) in [7, 11) is -3.57. The van der Waals surface area contributed by atoms with Gasteiger partial charge in [-0.25, -0.2) is 17.8 Å². The third-order valence-electron chi connectivity index (χ3n) is 5.41. The first-order chi connectivity index (χ1) is 14.5. The van der Waals surface area contributed by atoms with Gasteiger partial charge in [0.05, 0.1) is 10.6 Å². The van der Waals surface area contributed by atoms with E-state index in [-0.39, 0.29) is 12.1 Å². The van der Waals surface area contributed by atoms with Crippen LogP contribution in [0.15, 0.2) is 70.4 Å². The lowest BCUT2D eigenvalue weighted by molar-refractivity contribution is 0.536. The second kappa shape index (κ2) is 8.93. The number of nitrogens with one attached hydrogen (secondary N) is 1. The summed E-state index contributed by atoms with van der Waals surface area (Å²) in [4.78, 5) is 12.4. The van der Waals surface area contributed by atoms with Crippen molar-refractivity contribution in [3.05, 3.63) is 82.1 Å². The van der Waals surface area contributed by atoms with Gasteiger partial charge in [-0.15, -0.1) is 0 Å². The Morgan fingerprint density at radius 1 is 0.933 bits per heavy atom. The molecule has 0 fully saturated rings. The zero-order valence-electron chi connectivity index (χ0n) is 16.8. The van der Waals surface area contributed by atoms with E-state index in [4.69, 9.17) is 0 Å². The van der Waals surface area contributed by atoms with Gasteiger partial charge >= 0.3 is 0 Å². The second-order valence-corrected chi connectivity index (χ2v) is 9.30. The van der Waals surface area contributed by atoms with Gasteiger partial charge in [-0.05, 0) is 61.4 Å². The van der Waals surface area contributed by atoms with E-state index >= 15 is 0 Å². The average molecular weight is 424 g/mol. The predicted molar refractivity (Wildman–Crippen MR) is 117 cm³/mol. The van der Waals surface area contributed by atoms with Gasteiger partial charge in [-0.3, -0.25) is 4.79 Å². The van der Waals surface area contributed by atoms with Gasteiger partial charge < -0.3 is 0 Å². The van der Waals surface area contributed by atoms with Crippen LogP contribution >= 0.6 is 0 Å². The molecule has 156 valence electrons. The highest BCUT2D eigenvalue weighted by molar-refractivity contribution is 7.89. The molecule has 1 aromatic heterocycles. The Kier molecular flexibility index (Phi) is 6.11. The van der Waals surface area contributed by atoms with E-state index in [0.29, 0.717) is 23.6 Å². The lowest BCUT2D eigenvalue weighted by atomic mass is 9.92. The summed E-state index contributed by atoms with van der Waals surface area (Å²) in [6.45, 7) is 0.579. The molecule has 1 N–H and O–H groups in total. The topological polar surface area (TPSA) is 81.1 Å². The second-order valence-electron chi connectivity index (χ2n) is 7.53. The molecule has 0 bridgehead atoms. The summed E-state index contributed by atoms with van der Waals surface area (Å²) >= 11 is 0. The van der Waals surface area contributed by atoms with Crippen LogP contribution in [0.2, 0.25) is 0 Å². The van der Waals surface area contributed by atoms with Crippen molar-refractivity contribution in [2.24, 2.45) is 0 Å². The van der Waals surface area contributed by atoms with Gasteiger partial charge in [-0.2, -0.15) is 5.10 Å². The minimum Gasteiger partial charge on any atom is -0.268 e. The van der Waals surface area contributed by atoms with E-state index in [0.717, 1.165) is 36.8 Å². The summed E-state index contributed by atoms with van der Waals surface area (Å²) in [5, 5.41) is 4.41. The zero-order chi connectivity index (χ0) is 21.0. The van der Waals surface area contributed by atoms with Crippen molar-refractivity contribution in [3.63, 3.8) is 0 Å². The standard InChI is InChI=1S/C23H25N3O3S/c27-23-14-13-22(19-8-2-1-3-9-19)25-26(23)16-6-15-24-30(28,29)21-12-11-18-7-4-5-10-20(18)17-21/h1-3,8-9,11-14,17,24H,4-7,10,15-16H2. The van der Waals surface area contributed by atoms with Crippen LogP contribution in [0.4, 0.5) is 0 Å². The Hall–Kier alpha value is -2.77. The number of sulfonamides is 1. The van der Waals surface area contributed by atoms with Gasteiger partial charge in [0.15, 0.2) is 0 Å². The molecule has 30 heavy (non-hydrogen) atoms. The van der Waals surface area contributed by atoms with Crippen molar-refractivity contribution in [2.75, 3.05) is 6.54 Å². The van der Waals surface area contributed by atoms with Crippen molar-refractivity contribution in [3.8, 4) is 11.3 Å². The minimum atomic E-state index is -3.57. The number of hydrogen-bond donors (Lipinski definition) is 1. The molecule has 0 aliphatic heterocycles. The molecule has 0 amide bonds. The normalized spacial score (nSPS) is 13.7. The van der Waals surface area contributed by atoms with E-state index in [1.165, 1.54) is 16.3 Å². The van der Waals surface area contributed by atoms with Gasteiger partial charge in [0.2, 0.25) is 10.0 Å². The van der Waals surface area contributed by atoms with Crippen LogP contribution in [0.1, 0.15) is 30.4 Å². The highest BCUT2D eigenvalue weighted by Gasteiger charge is 2.17. The molecule has 7 heteroatoms. The number of rotatable bonds is 7. The Labute approximate surface area is 176 Å². The smallest absolute Gasteiger partial charge is 0.266 e. The van der Waals surface area contributed by atoms with Crippen molar-refractivity contribution < 1.29 is 8.42 Å². The summed E-state index contributed by atoms with van der Waals surface area (Å²) in [5.74, 6) is 0. The first kappa shape index (κ1) is 20.5. The molecule has 4 rings (SSSR count). The molecule has 0 radical (unpaired) electrons. The van der Waals surface area contributed by atoms with Crippen LogP contribution in [0.3, 0.4) is 0 Å². The molecular formula is C23H25N3O3S. The Morgan fingerprint density at radius 2 is 1.70 bits per heavy atom. The van der Waals surface area contributed by atoms with Gasteiger partial charge in [0, 0.05) is 24.7 Å². The monoisotopic (exact) mass is 423 g/mol. The fourth-order valence-electron chi connectivity index (χ4n) is 3.77. The molecule has 0 atom stereocenters. The van der Waals surface area contributed by atoms with E-state index < -0.39 is 10.0 Å². The lowest BCUT2D eigenvalue weighted by Crippen LogP contribution is -2.28. The van der Waals surface area contributed by atoms with E-state index in [1.807, 2.05) is 36.4 Å². The van der Waals surface area contributed by atoms with Crippen molar-refractivity contribution in [1.82, 2.24) is 14.5 Å². The quantitative estimate of drug-likeness (QED) is 0.592. The maximum atomic E-state index is 12.6. The largest absolute Gasteiger partial charge is 0.268 e. The molecule has 0 spiro atoms. The first-order valence-corrected chi connectivity index (χ1v) is 11.8. The lowest BCUT2D eigenvalue weighted by Gasteiger charge is -2.16. The van der Waals surface area contributed by atoms with Crippen LogP contribution in [-0.2, 0) is 29.4 Å². The predicted octanol–water partition coefficient (Wildman–Crippen LogP) is 3.16. The third-order valence-corrected chi connectivity index (χ3v) is 6.86. The number of fused-ring (bicyclic) bond motifs is 1. The van der Waals surface area contributed by atoms with Crippen LogP contribution in [0.25, 0.3) is 11.3 Å². The third kappa shape index (κ3) is 4.68. The van der Waals surface area contributed by atoms with E-state index in [9.17, 15) is 13.2 Å². The Bertz CT molecular complexity index is 1190. The maximum Gasteiger partial charge on any atom is 0.266 e. The maximum absolute atomic E-state index is 12.6. The number of hydrogen-bond acceptors (Lipinski definition) is 4. The zero-order valence-corrected chi connectivity index (χ0v) is 17.6. The summed E-state index contributed by atoms with van der Waals surface area (Å²) in [6, 6.07) is 18.2. The summed E-state index contributed by atoms with van der Waals surface area (Å²) in [5.41, 5.74) is 3.83. The van der Waals surface area contributed by atoms with Gasteiger partial charge in [0.1, 0.15) is 0 Å². The molecule has 1 aliphatic carbocycles. The van der Waals surface area contributed by atoms with Gasteiger partial charge in [-0.1, -0.05) is 36.4 Å². The van der Waals surface area contributed by atoms with Crippen molar-refractivity contribution in [1.29, 1.82) is 0 Å².